The number of nitrogens with two attached hydrogens (primary N) is 1. The lowest BCUT2D eigenvalue weighted by atomic mass is 9.85. The van der Waals surface area contributed by atoms with Gasteiger partial charge in [-0.3, -0.25) is 0 Å². The normalized spacial score (nSPS) is 17.0. The molecule has 0 unspecified atom stereocenters. The maximum atomic E-state index is 13.0. The van der Waals surface area contributed by atoms with E-state index < -0.39 is 0 Å². The average Bonchev–Trinajstić information content (AvgIpc) is 2.99. The molecule has 1 aliphatic rings. The number of aromatic nitrogens is 2. The molecule has 1 atom stereocenters. The molecule has 1 aliphatic carbocycles. The number of aromatic amines is 1. The summed E-state index contributed by atoms with van der Waals surface area (Å²) in [4.78, 5) is 7.69. The van der Waals surface area contributed by atoms with Crippen molar-refractivity contribution >= 4 is 12.4 Å². The number of hydrogen-bond acceptors (Lipinski definition) is 2. The van der Waals surface area contributed by atoms with Crippen LogP contribution >= 0.6 is 12.4 Å². The number of imidazole rings is 1. The Kier molecular flexibility index (Phi) is 5.98. The summed E-state index contributed by atoms with van der Waals surface area (Å²) in [6.45, 7) is 0. The van der Waals surface area contributed by atoms with Gasteiger partial charge >= 0.3 is 0 Å². The minimum Gasteiger partial charge on any atom is -0.341 e. The summed E-state index contributed by atoms with van der Waals surface area (Å²) in [5, 5.41) is 0. The molecule has 120 valence electrons. The van der Waals surface area contributed by atoms with Gasteiger partial charge in [0.2, 0.25) is 0 Å². The molecule has 0 amide bonds. The van der Waals surface area contributed by atoms with Crippen molar-refractivity contribution in [1.82, 2.24) is 9.97 Å². The fraction of sp³-hybridized carbons (Fsp3) is 0.471. The Morgan fingerprint density at radius 2 is 1.86 bits per heavy atom. The van der Waals surface area contributed by atoms with Crippen LogP contribution in [0.1, 0.15) is 50.4 Å². The van der Waals surface area contributed by atoms with Crippen LogP contribution in [-0.4, -0.2) is 9.97 Å². The standard InChI is InChI=1S/C17H22FN3.ClH/c18-14-8-6-13(7-9-14)16-11-20-17(21-16)15(19)10-12-4-2-1-3-5-12;/h6-9,11-12,15H,1-5,10,19H2,(H,20,21);1H/t15-;/m1./s1. The van der Waals surface area contributed by atoms with Gasteiger partial charge in [-0.1, -0.05) is 32.1 Å². The Hall–Kier alpha value is -1.39. The van der Waals surface area contributed by atoms with Gasteiger partial charge < -0.3 is 10.7 Å². The molecule has 1 heterocycles. The number of H-pyrrole nitrogens is 1. The quantitative estimate of drug-likeness (QED) is 0.863. The zero-order valence-electron chi connectivity index (χ0n) is 12.6. The molecule has 0 bridgehead atoms. The fourth-order valence-corrected chi connectivity index (χ4v) is 3.19. The monoisotopic (exact) mass is 323 g/mol. The fourth-order valence-electron chi connectivity index (χ4n) is 3.19. The topological polar surface area (TPSA) is 54.7 Å². The predicted octanol–water partition coefficient (Wildman–Crippen LogP) is 4.61. The number of hydrogen-bond donors (Lipinski definition) is 2. The summed E-state index contributed by atoms with van der Waals surface area (Å²) in [5.41, 5.74) is 8.11. The van der Waals surface area contributed by atoms with Gasteiger partial charge in [0.25, 0.3) is 0 Å². The molecular weight excluding hydrogens is 301 g/mol. The number of nitrogens with one attached hydrogen (secondary N) is 1. The van der Waals surface area contributed by atoms with E-state index in [1.54, 1.807) is 18.3 Å². The van der Waals surface area contributed by atoms with Crippen LogP contribution in [0.15, 0.2) is 30.5 Å². The molecule has 3 nitrogen and oxygen atoms in total. The first-order chi connectivity index (χ1) is 10.2. The lowest BCUT2D eigenvalue weighted by molar-refractivity contribution is 0.316. The van der Waals surface area contributed by atoms with Crippen LogP contribution in [0, 0.1) is 11.7 Å². The van der Waals surface area contributed by atoms with E-state index in [2.05, 4.69) is 9.97 Å². The molecule has 1 fully saturated rings. The van der Waals surface area contributed by atoms with Crippen molar-refractivity contribution < 1.29 is 4.39 Å². The zero-order chi connectivity index (χ0) is 14.7. The van der Waals surface area contributed by atoms with Crippen molar-refractivity contribution in [1.29, 1.82) is 0 Å². The summed E-state index contributed by atoms with van der Waals surface area (Å²) < 4.78 is 13.0. The molecule has 0 saturated heterocycles. The van der Waals surface area contributed by atoms with Crippen LogP contribution in [0.25, 0.3) is 11.3 Å². The van der Waals surface area contributed by atoms with Crippen molar-refractivity contribution in [2.45, 2.75) is 44.6 Å². The minimum atomic E-state index is -0.229. The Balaban J connectivity index is 0.00000176. The van der Waals surface area contributed by atoms with E-state index in [-0.39, 0.29) is 24.3 Å². The molecule has 1 aromatic carbocycles. The van der Waals surface area contributed by atoms with E-state index in [1.807, 2.05) is 0 Å². The third-order valence-corrected chi connectivity index (χ3v) is 4.41. The predicted molar refractivity (Wildman–Crippen MR) is 89.4 cm³/mol. The van der Waals surface area contributed by atoms with E-state index >= 15 is 0 Å². The molecule has 3 rings (SSSR count). The largest absolute Gasteiger partial charge is 0.341 e. The molecule has 2 aromatic rings. The lowest BCUT2D eigenvalue weighted by Crippen LogP contribution is -2.18. The van der Waals surface area contributed by atoms with Crippen LogP contribution in [0.5, 0.6) is 0 Å². The maximum Gasteiger partial charge on any atom is 0.123 e. The van der Waals surface area contributed by atoms with E-state index in [4.69, 9.17) is 5.73 Å². The van der Waals surface area contributed by atoms with Gasteiger partial charge in [-0.2, -0.15) is 0 Å². The average molecular weight is 324 g/mol. The SMILES string of the molecule is Cl.N[C@H](CC1CCCCC1)c1ncc(-c2ccc(F)cc2)[nH]1. The van der Waals surface area contributed by atoms with Crippen molar-refractivity contribution in [2.24, 2.45) is 11.7 Å². The second kappa shape index (κ2) is 7.75. The first-order valence-electron chi connectivity index (χ1n) is 7.79. The lowest BCUT2D eigenvalue weighted by Gasteiger charge is -2.23. The third-order valence-electron chi connectivity index (χ3n) is 4.41. The minimum absolute atomic E-state index is 0. The molecular formula is C17H23ClFN3. The summed E-state index contributed by atoms with van der Waals surface area (Å²) in [5.74, 6) is 1.33. The van der Waals surface area contributed by atoms with Crippen LogP contribution in [0.3, 0.4) is 0 Å². The van der Waals surface area contributed by atoms with Crippen LogP contribution in [0.2, 0.25) is 0 Å². The number of rotatable bonds is 4. The highest BCUT2D eigenvalue weighted by Gasteiger charge is 2.19. The molecule has 0 spiro atoms. The smallest absolute Gasteiger partial charge is 0.123 e. The number of nitrogens with zero attached hydrogens (tertiary/aromatic N) is 1. The maximum absolute atomic E-state index is 13.0. The highest BCUT2D eigenvalue weighted by Crippen LogP contribution is 2.30. The van der Waals surface area contributed by atoms with Crippen molar-refractivity contribution in [3.63, 3.8) is 0 Å². The molecule has 0 radical (unpaired) electrons. The van der Waals surface area contributed by atoms with Crippen LogP contribution in [-0.2, 0) is 0 Å². The Bertz CT molecular complexity index is 576. The van der Waals surface area contributed by atoms with E-state index in [1.165, 1.54) is 44.2 Å². The Morgan fingerprint density at radius 1 is 1.18 bits per heavy atom. The van der Waals surface area contributed by atoms with Gasteiger partial charge in [0.1, 0.15) is 11.6 Å². The molecule has 0 aliphatic heterocycles. The van der Waals surface area contributed by atoms with Crippen molar-refractivity contribution in [3.8, 4) is 11.3 Å². The zero-order valence-corrected chi connectivity index (χ0v) is 13.4. The van der Waals surface area contributed by atoms with Crippen LogP contribution in [0.4, 0.5) is 4.39 Å². The van der Waals surface area contributed by atoms with E-state index in [9.17, 15) is 4.39 Å². The van der Waals surface area contributed by atoms with Gasteiger partial charge in [-0.25, -0.2) is 9.37 Å². The van der Waals surface area contributed by atoms with E-state index in [0.717, 1.165) is 29.4 Å². The van der Waals surface area contributed by atoms with Gasteiger partial charge in [0, 0.05) is 0 Å². The van der Waals surface area contributed by atoms with Gasteiger partial charge in [-0.05, 0) is 42.2 Å². The second-order valence-electron chi connectivity index (χ2n) is 6.04. The third kappa shape index (κ3) is 4.08. The molecule has 5 heteroatoms. The van der Waals surface area contributed by atoms with Gasteiger partial charge in [0.05, 0.1) is 17.9 Å². The molecule has 3 N–H and O–H groups in total. The summed E-state index contributed by atoms with van der Waals surface area (Å²) >= 11 is 0. The summed E-state index contributed by atoms with van der Waals surface area (Å²) in [7, 11) is 0. The molecule has 22 heavy (non-hydrogen) atoms. The number of benzene rings is 1. The van der Waals surface area contributed by atoms with E-state index in [0.29, 0.717) is 0 Å². The second-order valence-corrected chi connectivity index (χ2v) is 6.04. The van der Waals surface area contributed by atoms with Crippen LogP contribution < -0.4 is 5.73 Å². The Labute approximate surface area is 136 Å². The number of halogens is 2. The van der Waals surface area contributed by atoms with Gasteiger partial charge in [-0.15, -0.1) is 12.4 Å². The van der Waals surface area contributed by atoms with Crippen molar-refractivity contribution in [2.75, 3.05) is 0 Å². The first-order valence-corrected chi connectivity index (χ1v) is 7.79. The highest BCUT2D eigenvalue weighted by molar-refractivity contribution is 5.85. The van der Waals surface area contributed by atoms with Crippen molar-refractivity contribution in [3.05, 3.63) is 42.1 Å². The Morgan fingerprint density at radius 3 is 2.55 bits per heavy atom. The summed E-state index contributed by atoms with van der Waals surface area (Å²) in [6.07, 6.45) is 9.38. The highest BCUT2D eigenvalue weighted by atomic mass is 35.5. The van der Waals surface area contributed by atoms with Gasteiger partial charge in [0.15, 0.2) is 0 Å². The summed E-state index contributed by atoms with van der Waals surface area (Å²) in [6, 6.07) is 6.37. The molecule has 1 saturated carbocycles. The molecule has 1 aromatic heterocycles. The first kappa shape index (κ1) is 17.0.